The highest BCUT2D eigenvalue weighted by molar-refractivity contribution is 5.69. The van der Waals surface area contributed by atoms with Crippen molar-refractivity contribution in [1.29, 1.82) is 0 Å². The van der Waals surface area contributed by atoms with E-state index in [-0.39, 0.29) is 12.1 Å². The molecule has 1 aromatic carbocycles. The van der Waals surface area contributed by atoms with Gasteiger partial charge in [0.2, 0.25) is 0 Å². The summed E-state index contributed by atoms with van der Waals surface area (Å²) in [6, 6.07) is 14.5. The van der Waals surface area contributed by atoms with Crippen molar-refractivity contribution in [1.82, 2.24) is 9.88 Å². The van der Waals surface area contributed by atoms with Gasteiger partial charge in [0.05, 0.1) is 6.04 Å². The van der Waals surface area contributed by atoms with Crippen molar-refractivity contribution in [2.75, 3.05) is 11.4 Å². The summed E-state index contributed by atoms with van der Waals surface area (Å²) in [5, 5.41) is 0. The average Bonchev–Trinajstić information content (AvgIpc) is 3.16. The minimum absolute atomic E-state index is 0.00646. The van der Waals surface area contributed by atoms with Crippen LogP contribution in [0.3, 0.4) is 0 Å². The molecule has 1 aliphatic rings. The number of hydrogen-bond donors (Lipinski definition) is 0. The van der Waals surface area contributed by atoms with Crippen LogP contribution in [0.25, 0.3) is 0 Å². The first-order chi connectivity index (χ1) is 13.5. The minimum Gasteiger partial charge on any atom is -0.445 e. The van der Waals surface area contributed by atoms with E-state index in [1.807, 2.05) is 47.5 Å². The highest BCUT2D eigenvalue weighted by Crippen LogP contribution is 2.37. The molecule has 0 unspecified atom stereocenters. The third-order valence-corrected chi connectivity index (χ3v) is 5.23. The van der Waals surface area contributed by atoms with Crippen molar-refractivity contribution in [3.8, 4) is 0 Å². The molecule has 0 N–H and O–H groups in total. The second-order valence-corrected chi connectivity index (χ2v) is 7.90. The summed E-state index contributed by atoms with van der Waals surface area (Å²) in [4.78, 5) is 21.7. The predicted molar refractivity (Wildman–Crippen MR) is 112 cm³/mol. The summed E-state index contributed by atoms with van der Waals surface area (Å²) in [6.45, 7) is 9.74. The first-order valence-electron chi connectivity index (χ1n) is 10.2. The fraction of sp³-hybridized carbons (Fsp3) is 0.478. The molecule has 2 heterocycles. The summed E-state index contributed by atoms with van der Waals surface area (Å²) in [7, 11) is 0. The second-order valence-electron chi connectivity index (χ2n) is 7.90. The molecular weight excluding hydrogens is 350 g/mol. The van der Waals surface area contributed by atoms with E-state index in [1.165, 1.54) is 0 Å². The molecule has 5 nitrogen and oxygen atoms in total. The summed E-state index contributed by atoms with van der Waals surface area (Å²) >= 11 is 0. The molecule has 1 atom stereocenters. The number of amides is 1. The van der Waals surface area contributed by atoms with Gasteiger partial charge < -0.3 is 14.5 Å². The van der Waals surface area contributed by atoms with Crippen LogP contribution in [0.15, 0.2) is 48.7 Å². The Bertz CT molecular complexity index is 768. The molecular formula is C23H31N3O2. The first kappa shape index (κ1) is 20.2. The number of aromatic nitrogens is 1. The second kappa shape index (κ2) is 9.09. The van der Waals surface area contributed by atoms with Crippen molar-refractivity contribution in [3.05, 3.63) is 59.8 Å². The Morgan fingerprint density at radius 3 is 2.54 bits per heavy atom. The Kier molecular flexibility index (Phi) is 6.55. The van der Waals surface area contributed by atoms with Gasteiger partial charge in [0.1, 0.15) is 12.4 Å². The van der Waals surface area contributed by atoms with Gasteiger partial charge in [0.15, 0.2) is 0 Å². The number of nitrogens with zero attached hydrogens (tertiary/aromatic N) is 3. The molecule has 0 bridgehead atoms. The molecule has 1 saturated heterocycles. The highest BCUT2D eigenvalue weighted by atomic mass is 16.6. The van der Waals surface area contributed by atoms with Crippen LogP contribution in [-0.4, -0.2) is 34.6 Å². The van der Waals surface area contributed by atoms with Crippen molar-refractivity contribution in [2.24, 2.45) is 0 Å². The Morgan fingerprint density at radius 1 is 1.14 bits per heavy atom. The standard InChI is InChI=1S/C23H31N3O2/c1-17(2)26(18(3)4)22-20(12-8-14-24-22)21-13-9-15-25(21)23(27)28-16-19-10-6-5-7-11-19/h5-8,10-12,14,17-18,21H,9,13,15-16H2,1-4H3/t21-/m0/s1. The number of benzene rings is 1. The SMILES string of the molecule is CC(C)N(c1ncccc1[C@@H]1CCCN1C(=O)OCc1ccccc1)C(C)C. The average molecular weight is 382 g/mol. The number of hydrogen-bond acceptors (Lipinski definition) is 4. The molecule has 3 rings (SSSR count). The lowest BCUT2D eigenvalue weighted by Crippen LogP contribution is -2.39. The van der Waals surface area contributed by atoms with Crippen molar-refractivity contribution in [2.45, 2.75) is 65.3 Å². The Labute approximate surface area is 168 Å². The summed E-state index contributed by atoms with van der Waals surface area (Å²) in [5.74, 6) is 0.972. The monoisotopic (exact) mass is 381 g/mol. The molecule has 0 spiro atoms. The molecule has 0 saturated carbocycles. The van der Waals surface area contributed by atoms with Crippen LogP contribution in [-0.2, 0) is 11.3 Å². The van der Waals surface area contributed by atoms with Gasteiger partial charge in [-0.15, -0.1) is 0 Å². The van der Waals surface area contributed by atoms with Crippen molar-refractivity contribution < 1.29 is 9.53 Å². The number of rotatable bonds is 6. The Morgan fingerprint density at radius 2 is 1.86 bits per heavy atom. The smallest absolute Gasteiger partial charge is 0.410 e. The van der Waals surface area contributed by atoms with E-state index in [1.54, 1.807) is 0 Å². The van der Waals surface area contributed by atoms with E-state index in [0.717, 1.165) is 36.3 Å². The number of carbonyl (C=O) groups excluding carboxylic acids is 1. The first-order valence-corrected chi connectivity index (χ1v) is 10.2. The van der Waals surface area contributed by atoms with E-state index in [9.17, 15) is 4.79 Å². The number of pyridine rings is 1. The molecule has 28 heavy (non-hydrogen) atoms. The van der Waals surface area contributed by atoms with E-state index in [2.05, 4.69) is 38.7 Å². The molecule has 5 heteroatoms. The maximum Gasteiger partial charge on any atom is 0.410 e. The zero-order chi connectivity index (χ0) is 20.1. The number of likely N-dealkylation sites (tertiary alicyclic amines) is 1. The van der Waals surface area contributed by atoms with Crippen LogP contribution >= 0.6 is 0 Å². The maximum atomic E-state index is 12.8. The lowest BCUT2D eigenvalue weighted by atomic mass is 10.0. The fourth-order valence-electron chi connectivity index (χ4n) is 4.08. The van der Waals surface area contributed by atoms with Gasteiger partial charge in [-0.2, -0.15) is 0 Å². The predicted octanol–water partition coefficient (Wildman–Crippen LogP) is 5.18. The summed E-state index contributed by atoms with van der Waals surface area (Å²) in [6.07, 6.45) is 3.50. The molecule has 1 amide bonds. The van der Waals surface area contributed by atoms with E-state index < -0.39 is 0 Å². The van der Waals surface area contributed by atoms with Gasteiger partial charge in [-0.25, -0.2) is 9.78 Å². The van der Waals surface area contributed by atoms with Crippen molar-refractivity contribution >= 4 is 11.9 Å². The van der Waals surface area contributed by atoms with Gasteiger partial charge in [0.25, 0.3) is 0 Å². The number of ether oxygens (including phenoxy) is 1. The van der Waals surface area contributed by atoms with Crippen molar-refractivity contribution in [3.63, 3.8) is 0 Å². The van der Waals surface area contributed by atoms with Crippen LogP contribution < -0.4 is 4.90 Å². The molecule has 2 aromatic rings. The van der Waals surface area contributed by atoms with Crippen LogP contribution in [0.4, 0.5) is 10.6 Å². The maximum absolute atomic E-state index is 12.8. The van der Waals surface area contributed by atoms with Gasteiger partial charge in [-0.05, 0) is 52.2 Å². The number of carbonyl (C=O) groups is 1. The van der Waals surface area contributed by atoms with Crippen LogP contribution in [0.1, 0.15) is 57.7 Å². The number of anilines is 1. The molecule has 0 radical (unpaired) electrons. The normalized spacial score (nSPS) is 16.6. The van der Waals surface area contributed by atoms with Crippen LogP contribution in [0.5, 0.6) is 0 Å². The molecule has 1 fully saturated rings. The summed E-state index contributed by atoms with van der Waals surface area (Å²) < 4.78 is 5.61. The van der Waals surface area contributed by atoms with Gasteiger partial charge >= 0.3 is 6.09 Å². The fourth-order valence-corrected chi connectivity index (χ4v) is 4.08. The zero-order valence-electron chi connectivity index (χ0n) is 17.3. The quantitative estimate of drug-likeness (QED) is 0.692. The lowest BCUT2D eigenvalue weighted by Gasteiger charge is -2.35. The van der Waals surface area contributed by atoms with E-state index in [4.69, 9.17) is 9.72 Å². The Hall–Kier alpha value is -2.56. The van der Waals surface area contributed by atoms with Crippen LogP contribution in [0.2, 0.25) is 0 Å². The third-order valence-electron chi connectivity index (χ3n) is 5.23. The van der Waals surface area contributed by atoms with Gasteiger partial charge in [-0.1, -0.05) is 36.4 Å². The van der Waals surface area contributed by atoms with Gasteiger partial charge in [0, 0.05) is 30.4 Å². The molecule has 1 aliphatic heterocycles. The molecule has 1 aromatic heterocycles. The topological polar surface area (TPSA) is 45.7 Å². The largest absolute Gasteiger partial charge is 0.445 e. The van der Waals surface area contributed by atoms with Gasteiger partial charge in [-0.3, -0.25) is 0 Å². The van der Waals surface area contributed by atoms with E-state index >= 15 is 0 Å². The minimum atomic E-state index is -0.248. The van der Waals surface area contributed by atoms with E-state index in [0.29, 0.717) is 18.7 Å². The summed E-state index contributed by atoms with van der Waals surface area (Å²) in [5.41, 5.74) is 2.11. The molecule has 0 aliphatic carbocycles. The van der Waals surface area contributed by atoms with Crippen LogP contribution in [0, 0.1) is 0 Å². The third kappa shape index (κ3) is 4.46. The molecule has 150 valence electrons. The highest BCUT2D eigenvalue weighted by Gasteiger charge is 2.34. The lowest BCUT2D eigenvalue weighted by molar-refractivity contribution is 0.0921. The Balaban J connectivity index is 1.80. The zero-order valence-corrected chi connectivity index (χ0v) is 17.3.